The molecule has 2 nitrogen and oxygen atoms in total. The summed E-state index contributed by atoms with van der Waals surface area (Å²) in [6, 6.07) is 0.676. The summed E-state index contributed by atoms with van der Waals surface area (Å²) >= 11 is 2.11. The number of hydrogen-bond donors (Lipinski definition) is 1. The second-order valence-corrected chi connectivity index (χ2v) is 6.88. The predicted octanol–water partition coefficient (Wildman–Crippen LogP) is 2.92. The normalized spacial score (nSPS) is 41.5. The van der Waals surface area contributed by atoms with Gasteiger partial charge in [0, 0.05) is 18.1 Å². The zero-order chi connectivity index (χ0) is 12.3. The predicted molar refractivity (Wildman–Crippen MR) is 75.7 cm³/mol. The van der Waals surface area contributed by atoms with Gasteiger partial charge in [-0.2, -0.15) is 11.8 Å². The van der Waals surface area contributed by atoms with Crippen molar-refractivity contribution in [2.24, 2.45) is 11.3 Å². The average Bonchev–Trinajstić information content (AvgIpc) is 2.84. The number of hydrogen-bond acceptors (Lipinski definition) is 3. The minimum Gasteiger partial charge on any atom is -0.378 e. The number of rotatable bonds is 6. The van der Waals surface area contributed by atoms with Crippen LogP contribution in [0.1, 0.15) is 40.0 Å². The third-order valence-electron chi connectivity index (χ3n) is 4.79. The van der Waals surface area contributed by atoms with Gasteiger partial charge >= 0.3 is 0 Å². The fourth-order valence-electron chi connectivity index (χ4n) is 3.12. The molecule has 0 radical (unpaired) electrons. The molecule has 2 fully saturated rings. The number of ether oxygens (including phenoxy) is 1. The van der Waals surface area contributed by atoms with Crippen LogP contribution in [0.3, 0.4) is 0 Å². The molecule has 1 aliphatic heterocycles. The molecular weight excluding hydrogens is 230 g/mol. The van der Waals surface area contributed by atoms with Crippen LogP contribution in [0.4, 0.5) is 0 Å². The van der Waals surface area contributed by atoms with Crippen molar-refractivity contribution in [3.05, 3.63) is 0 Å². The van der Waals surface area contributed by atoms with E-state index < -0.39 is 0 Å². The van der Waals surface area contributed by atoms with Gasteiger partial charge in [0.25, 0.3) is 0 Å². The third kappa shape index (κ3) is 2.82. The van der Waals surface area contributed by atoms with Gasteiger partial charge in [-0.3, -0.25) is 0 Å². The molecule has 2 rings (SSSR count). The van der Waals surface area contributed by atoms with Gasteiger partial charge < -0.3 is 10.1 Å². The van der Waals surface area contributed by atoms with Gasteiger partial charge in [-0.15, -0.1) is 0 Å². The van der Waals surface area contributed by atoms with E-state index in [1.807, 2.05) is 0 Å². The van der Waals surface area contributed by atoms with Gasteiger partial charge in [0.15, 0.2) is 0 Å². The van der Waals surface area contributed by atoms with Crippen molar-refractivity contribution in [2.45, 2.75) is 52.2 Å². The van der Waals surface area contributed by atoms with Crippen molar-refractivity contribution < 1.29 is 4.74 Å². The summed E-state index contributed by atoms with van der Waals surface area (Å²) in [6.45, 7) is 8.86. The van der Waals surface area contributed by atoms with E-state index in [4.69, 9.17) is 4.74 Å². The number of thioether (sulfide) groups is 1. The van der Waals surface area contributed by atoms with Crippen molar-refractivity contribution in [1.29, 1.82) is 0 Å². The van der Waals surface area contributed by atoms with Gasteiger partial charge in [0.1, 0.15) is 0 Å². The molecule has 0 aromatic carbocycles. The van der Waals surface area contributed by atoms with Crippen LogP contribution in [0, 0.1) is 11.3 Å². The lowest BCUT2D eigenvalue weighted by atomic mass is 9.61. The van der Waals surface area contributed by atoms with E-state index in [0.29, 0.717) is 17.6 Å². The Balaban J connectivity index is 1.77. The molecule has 2 aliphatic rings. The first kappa shape index (κ1) is 13.7. The van der Waals surface area contributed by atoms with Crippen LogP contribution in [0.25, 0.3) is 0 Å². The largest absolute Gasteiger partial charge is 0.378 e. The molecule has 0 amide bonds. The quantitative estimate of drug-likeness (QED) is 0.790. The molecule has 1 saturated carbocycles. The summed E-state index contributed by atoms with van der Waals surface area (Å²) in [7, 11) is 0. The molecule has 0 spiro atoms. The van der Waals surface area contributed by atoms with Crippen LogP contribution in [0.15, 0.2) is 0 Å². The smallest absolute Gasteiger partial charge is 0.0658 e. The molecule has 1 N–H and O–H groups in total. The molecular formula is C14H27NOS. The summed E-state index contributed by atoms with van der Waals surface area (Å²) in [6.07, 6.45) is 4.31. The molecule has 4 unspecified atom stereocenters. The first-order valence-electron chi connectivity index (χ1n) is 7.13. The van der Waals surface area contributed by atoms with Crippen molar-refractivity contribution in [2.75, 3.05) is 24.7 Å². The van der Waals surface area contributed by atoms with Crippen LogP contribution in [-0.2, 0) is 4.74 Å². The van der Waals surface area contributed by atoms with Crippen molar-refractivity contribution in [1.82, 2.24) is 5.32 Å². The van der Waals surface area contributed by atoms with Gasteiger partial charge in [0.05, 0.1) is 6.10 Å². The van der Waals surface area contributed by atoms with Crippen LogP contribution >= 0.6 is 11.8 Å². The second-order valence-electron chi connectivity index (χ2n) is 5.73. The molecule has 1 saturated heterocycles. The Morgan fingerprint density at radius 1 is 1.41 bits per heavy atom. The van der Waals surface area contributed by atoms with Crippen molar-refractivity contribution in [3.63, 3.8) is 0 Å². The highest BCUT2D eigenvalue weighted by molar-refractivity contribution is 7.99. The van der Waals surface area contributed by atoms with Gasteiger partial charge in [-0.25, -0.2) is 0 Å². The van der Waals surface area contributed by atoms with Crippen LogP contribution in [0.2, 0.25) is 0 Å². The topological polar surface area (TPSA) is 21.3 Å². The van der Waals surface area contributed by atoms with E-state index >= 15 is 0 Å². The Bertz CT molecular complexity index is 242. The lowest BCUT2D eigenvalue weighted by Crippen LogP contribution is -2.62. The Labute approximate surface area is 110 Å². The standard InChI is InChI=1S/C14H27NOS/c1-4-14(3)12(8-13(14)16-5-2)15-9-11-6-7-17-10-11/h11-13,15H,4-10H2,1-3H3. The van der Waals surface area contributed by atoms with E-state index in [2.05, 4.69) is 37.8 Å². The summed E-state index contributed by atoms with van der Waals surface area (Å²) in [4.78, 5) is 0. The SMILES string of the molecule is CCOC1CC(NCC2CCSC2)C1(C)CC. The summed E-state index contributed by atoms with van der Waals surface area (Å²) in [5.74, 6) is 3.63. The first-order valence-corrected chi connectivity index (χ1v) is 8.29. The Morgan fingerprint density at radius 3 is 2.82 bits per heavy atom. The Morgan fingerprint density at radius 2 is 2.24 bits per heavy atom. The van der Waals surface area contributed by atoms with E-state index in [9.17, 15) is 0 Å². The molecule has 1 heterocycles. The lowest BCUT2D eigenvalue weighted by molar-refractivity contribution is -0.126. The summed E-state index contributed by atoms with van der Waals surface area (Å²) in [5.41, 5.74) is 0.363. The van der Waals surface area contributed by atoms with Gasteiger partial charge in [-0.05, 0) is 50.2 Å². The molecule has 100 valence electrons. The fourth-order valence-corrected chi connectivity index (χ4v) is 4.40. The maximum Gasteiger partial charge on any atom is 0.0658 e. The molecule has 4 atom stereocenters. The first-order chi connectivity index (χ1) is 8.20. The Kier molecular flexibility index (Phi) is 4.79. The van der Waals surface area contributed by atoms with E-state index in [0.717, 1.165) is 12.5 Å². The van der Waals surface area contributed by atoms with E-state index in [-0.39, 0.29) is 0 Å². The molecule has 0 aromatic heterocycles. The molecule has 0 bridgehead atoms. The fraction of sp³-hybridized carbons (Fsp3) is 1.00. The summed E-state index contributed by atoms with van der Waals surface area (Å²) in [5, 5.41) is 3.80. The second kappa shape index (κ2) is 5.94. The molecule has 1 aliphatic carbocycles. The van der Waals surface area contributed by atoms with E-state index in [1.165, 1.54) is 37.3 Å². The zero-order valence-electron chi connectivity index (χ0n) is 11.5. The van der Waals surface area contributed by atoms with Crippen LogP contribution in [0.5, 0.6) is 0 Å². The zero-order valence-corrected chi connectivity index (χ0v) is 12.3. The average molecular weight is 257 g/mol. The minimum atomic E-state index is 0.363. The summed E-state index contributed by atoms with van der Waals surface area (Å²) < 4.78 is 5.84. The maximum absolute atomic E-state index is 5.84. The van der Waals surface area contributed by atoms with Crippen molar-refractivity contribution in [3.8, 4) is 0 Å². The maximum atomic E-state index is 5.84. The lowest BCUT2D eigenvalue weighted by Gasteiger charge is -2.54. The van der Waals surface area contributed by atoms with E-state index in [1.54, 1.807) is 0 Å². The van der Waals surface area contributed by atoms with Crippen LogP contribution < -0.4 is 5.32 Å². The Hall–Kier alpha value is 0.270. The highest BCUT2D eigenvalue weighted by atomic mass is 32.2. The highest BCUT2D eigenvalue weighted by Gasteiger charge is 2.50. The van der Waals surface area contributed by atoms with Crippen molar-refractivity contribution >= 4 is 11.8 Å². The molecule has 0 aromatic rings. The monoisotopic (exact) mass is 257 g/mol. The van der Waals surface area contributed by atoms with Gasteiger partial charge in [-0.1, -0.05) is 13.8 Å². The third-order valence-corrected chi connectivity index (χ3v) is 6.02. The molecule has 17 heavy (non-hydrogen) atoms. The van der Waals surface area contributed by atoms with Crippen LogP contribution in [-0.4, -0.2) is 36.8 Å². The molecule has 3 heteroatoms. The minimum absolute atomic E-state index is 0.363. The van der Waals surface area contributed by atoms with Gasteiger partial charge in [0.2, 0.25) is 0 Å². The number of nitrogens with one attached hydrogen (secondary N) is 1. The highest BCUT2D eigenvalue weighted by Crippen LogP contribution is 2.46.